The van der Waals surface area contributed by atoms with Crippen LogP contribution in [0.15, 0.2) is 28.7 Å². The quantitative estimate of drug-likeness (QED) is 0.654. The first-order valence-corrected chi connectivity index (χ1v) is 7.14. The van der Waals surface area contributed by atoms with Gasteiger partial charge >= 0.3 is 0 Å². The van der Waals surface area contributed by atoms with E-state index in [9.17, 15) is 4.39 Å². The molecule has 0 fully saturated rings. The van der Waals surface area contributed by atoms with Gasteiger partial charge in [0.2, 0.25) is 0 Å². The zero-order chi connectivity index (χ0) is 15.6. The Labute approximate surface area is 124 Å². The monoisotopic (exact) mass is 294 g/mol. The molecule has 4 nitrogen and oxygen atoms in total. The minimum absolute atomic E-state index is 0.148. The summed E-state index contributed by atoms with van der Waals surface area (Å²) in [5, 5.41) is 0.717. The number of hydrazine groups is 1. The number of rotatable bonds is 5. The van der Waals surface area contributed by atoms with E-state index in [4.69, 9.17) is 15.0 Å². The van der Waals surface area contributed by atoms with Gasteiger partial charge in [0.15, 0.2) is 11.4 Å². The molecule has 0 bridgehead atoms. The summed E-state index contributed by atoms with van der Waals surface area (Å²) in [5.41, 5.74) is 2.85. The van der Waals surface area contributed by atoms with E-state index >= 15 is 0 Å². The van der Waals surface area contributed by atoms with Gasteiger partial charge in [0.25, 0.3) is 0 Å². The maximum Gasteiger partial charge on any atom is 0.169 e. The number of furan rings is 1. The summed E-state index contributed by atoms with van der Waals surface area (Å²) in [6, 6.07) is 6.30. The molecule has 2 atom stereocenters. The predicted octanol–water partition coefficient (Wildman–Crippen LogP) is 3.53. The summed E-state index contributed by atoms with van der Waals surface area (Å²) >= 11 is 0. The van der Waals surface area contributed by atoms with Crippen molar-refractivity contribution in [2.24, 2.45) is 11.3 Å². The van der Waals surface area contributed by atoms with Crippen molar-refractivity contribution < 1.29 is 13.5 Å². The molecule has 3 N–H and O–H groups in total. The van der Waals surface area contributed by atoms with E-state index in [0.29, 0.717) is 12.4 Å². The van der Waals surface area contributed by atoms with E-state index in [1.807, 2.05) is 13.0 Å². The fourth-order valence-corrected chi connectivity index (χ4v) is 2.55. The van der Waals surface area contributed by atoms with Gasteiger partial charge in [0, 0.05) is 12.0 Å². The number of fused-ring (bicyclic) bond motifs is 1. The Bertz CT molecular complexity index is 604. The van der Waals surface area contributed by atoms with Crippen molar-refractivity contribution >= 4 is 11.0 Å². The molecule has 0 aliphatic heterocycles. The van der Waals surface area contributed by atoms with Gasteiger partial charge in [-0.2, -0.15) is 0 Å². The normalized spacial score (nSPS) is 15.3. The lowest BCUT2D eigenvalue weighted by Gasteiger charge is -2.35. The number of hydrogen-bond donors (Lipinski definition) is 2. The van der Waals surface area contributed by atoms with E-state index < -0.39 is 0 Å². The Hall–Kier alpha value is -1.43. The summed E-state index contributed by atoms with van der Waals surface area (Å²) in [6.07, 6.45) is -0.198. The van der Waals surface area contributed by atoms with Crippen molar-refractivity contribution in [1.82, 2.24) is 5.43 Å². The number of nitrogens with two attached hydrogens (primary N) is 1. The van der Waals surface area contributed by atoms with E-state index in [1.165, 1.54) is 6.07 Å². The fraction of sp³-hybridized carbons (Fsp3) is 0.500. The van der Waals surface area contributed by atoms with Gasteiger partial charge in [-0.15, -0.1) is 0 Å². The second-order valence-corrected chi connectivity index (χ2v) is 6.19. The SMILES string of the molecule is CCOC(C(NN)c1cc2cccc(F)c2o1)C(C)(C)C. The molecule has 0 amide bonds. The molecule has 1 aromatic carbocycles. The van der Waals surface area contributed by atoms with Crippen LogP contribution in [0.2, 0.25) is 0 Å². The van der Waals surface area contributed by atoms with Crippen molar-refractivity contribution in [3.05, 3.63) is 35.8 Å². The molecule has 0 aliphatic carbocycles. The summed E-state index contributed by atoms with van der Waals surface area (Å²) in [5.74, 6) is 5.91. The first-order chi connectivity index (χ1) is 9.88. The zero-order valence-corrected chi connectivity index (χ0v) is 12.9. The third-order valence-electron chi connectivity index (χ3n) is 3.50. The molecule has 0 spiro atoms. The number of benzene rings is 1. The fourth-order valence-electron chi connectivity index (χ4n) is 2.55. The standard InChI is InChI=1S/C16H23FN2O2/c1-5-20-15(16(2,3)4)13(19-18)12-9-10-7-6-8-11(17)14(10)21-12/h6-9,13,15,19H,5,18H2,1-4H3. The Kier molecular flexibility index (Phi) is 4.66. The molecule has 0 saturated carbocycles. The van der Waals surface area contributed by atoms with Gasteiger partial charge in [0.1, 0.15) is 11.8 Å². The van der Waals surface area contributed by atoms with Crippen LogP contribution >= 0.6 is 0 Å². The lowest BCUT2D eigenvalue weighted by atomic mass is 9.83. The molecule has 1 aromatic heterocycles. The van der Waals surface area contributed by atoms with Gasteiger partial charge in [0.05, 0.1) is 6.10 Å². The lowest BCUT2D eigenvalue weighted by molar-refractivity contribution is -0.0407. The average molecular weight is 294 g/mol. The van der Waals surface area contributed by atoms with Crippen LogP contribution in [0.1, 0.15) is 39.5 Å². The number of para-hydroxylation sites is 1. The molecule has 5 heteroatoms. The highest BCUT2D eigenvalue weighted by Gasteiger charge is 2.35. The van der Waals surface area contributed by atoms with Crippen LogP contribution in [0.4, 0.5) is 4.39 Å². The van der Waals surface area contributed by atoms with Crippen LogP contribution < -0.4 is 11.3 Å². The van der Waals surface area contributed by atoms with Gasteiger partial charge in [-0.1, -0.05) is 32.9 Å². The molecule has 0 radical (unpaired) electrons. The summed E-state index contributed by atoms with van der Waals surface area (Å²) in [7, 11) is 0. The molecule has 1 heterocycles. The zero-order valence-electron chi connectivity index (χ0n) is 12.9. The third kappa shape index (κ3) is 3.26. The van der Waals surface area contributed by atoms with Crippen molar-refractivity contribution in [2.45, 2.75) is 39.8 Å². The highest BCUT2D eigenvalue weighted by Crippen LogP contribution is 2.35. The van der Waals surface area contributed by atoms with Crippen LogP contribution in [-0.4, -0.2) is 12.7 Å². The molecule has 0 saturated heterocycles. The molecule has 21 heavy (non-hydrogen) atoms. The molecule has 2 rings (SSSR count). The minimum atomic E-state index is -0.377. The Morgan fingerprint density at radius 2 is 2.10 bits per heavy atom. The van der Waals surface area contributed by atoms with Crippen molar-refractivity contribution in [3.63, 3.8) is 0 Å². The van der Waals surface area contributed by atoms with Gasteiger partial charge in [-0.25, -0.2) is 9.82 Å². The number of halogens is 1. The summed E-state index contributed by atoms with van der Waals surface area (Å²) in [6.45, 7) is 8.71. The molecule has 2 aromatic rings. The maximum absolute atomic E-state index is 13.8. The van der Waals surface area contributed by atoms with E-state index in [0.717, 1.165) is 5.39 Å². The van der Waals surface area contributed by atoms with E-state index in [1.54, 1.807) is 12.1 Å². The van der Waals surface area contributed by atoms with Crippen molar-refractivity contribution in [3.8, 4) is 0 Å². The van der Waals surface area contributed by atoms with Crippen LogP contribution in [0.5, 0.6) is 0 Å². The molecular formula is C16H23FN2O2. The molecular weight excluding hydrogens is 271 g/mol. The first kappa shape index (κ1) is 15.9. The first-order valence-electron chi connectivity index (χ1n) is 7.14. The average Bonchev–Trinajstić information content (AvgIpc) is 2.83. The van der Waals surface area contributed by atoms with Gasteiger partial charge in [-0.3, -0.25) is 5.84 Å². The van der Waals surface area contributed by atoms with Gasteiger partial charge in [-0.05, 0) is 24.5 Å². The van der Waals surface area contributed by atoms with Crippen molar-refractivity contribution in [2.75, 3.05) is 6.61 Å². The summed E-state index contributed by atoms with van der Waals surface area (Å²) in [4.78, 5) is 0. The molecule has 0 aliphatic rings. The lowest BCUT2D eigenvalue weighted by Crippen LogP contribution is -2.44. The highest BCUT2D eigenvalue weighted by atomic mass is 19.1. The van der Waals surface area contributed by atoms with E-state index in [-0.39, 0.29) is 29.0 Å². The van der Waals surface area contributed by atoms with Crippen LogP contribution in [0, 0.1) is 11.2 Å². The molecule has 2 unspecified atom stereocenters. The molecule has 116 valence electrons. The van der Waals surface area contributed by atoms with Crippen LogP contribution in [0.25, 0.3) is 11.0 Å². The smallest absolute Gasteiger partial charge is 0.169 e. The predicted molar refractivity (Wildman–Crippen MR) is 81.1 cm³/mol. The Morgan fingerprint density at radius 3 is 2.62 bits per heavy atom. The van der Waals surface area contributed by atoms with Crippen molar-refractivity contribution in [1.29, 1.82) is 0 Å². The Balaban J connectivity index is 2.44. The van der Waals surface area contributed by atoms with Crippen LogP contribution in [-0.2, 0) is 4.74 Å². The number of nitrogens with one attached hydrogen (secondary N) is 1. The highest BCUT2D eigenvalue weighted by molar-refractivity contribution is 5.78. The largest absolute Gasteiger partial charge is 0.456 e. The number of hydrogen-bond acceptors (Lipinski definition) is 4. The Morgan fingerprint density at radius 1 is 1.38 bits per heavy atom. The minimum Gasteiger partial charge on any atom is -0.456 e. The summed E-state index contributed by atoms with van der Waals surface area (Å²) < 4.78 is 25.3. The topological polar surface area (TPSA) is 60.4 Å². The van der Waals surface area contributed by atoms with E-state index in [2.05, 4.69) is 26.2 Å². The maximum atomic E-state index is 13.8. The van der Waals surface area contributed by atoms with Crippen LogP contribution in [0.3, 0.4) is 0 Å². The van der Waals surface area contributed by atoms with Gasteiger partial charge < -0.3 is 9.15 Å². The second kappa shape index (κ2) is 6.13. The third-order valence-corrected chi connectivity index (χ3v) is 3.50. The second-order valence-electron chi connectivity index (χ2n) is 6.19. The number of ether oxygens (including phenoxy) is 1.